The Kier molecular flexibility index (Phi) is 10.8. The van der Waals surface area contributed by atoms with Crippen LogP contribution in [0, 0.1) is 6.92 Å². The van der Waals surface area contributed by atoms with Crippen LogP contribution in [-0.2, 0) is 5.41 Å². The maximum Gasteiger partial charge on any atom is 0.0726 e. The van der Waals surface area contributed by atoms with Gasteiger partial charge in [0.2, 0.25) is 0 Å². The first-order valence-electron chi connectivity index (χ1n) is 24.8. The van der Waals surface area contributed by atoms with Crippen molar-refractivity contribution >= 4 is 40.9 Å². The third-order valence-electron chi connectivity index (χ3n) is 15.2. The van der Waals surface area contributed by atoms with Gasteiger partial charge in [-0.25, -0.2) is 0 Å². The summed E-state index contributed by atoms with van der Waals surface area (Å²) < 4.78 is 0. The van der Waals surface area contributed by atoms with Crippen LogP contribution < -0.4 is 4.90 Å². The second-order valence-corrected chi connectivity index (χ2v) is 19.4. The lowest BCUT2D eigenvalue weighted by Gasteiger charge is -2.32. The van der Waals surface area contributed by atoms with Crippen LogP contribution in [-0.4, -0.2) is 0 Å². The molecule has 0 amide bonds. The lowest BCUT2D eigenvalue weighted by molar-refractivity contribution is 0.602. The Morgan fingerprint density at radius 1 is 0.388 bits per heavy atom. The molecule has 2 fully saturated rings. The molecule has 0 saturated heterocycles. The van der Waals surface area contributed by atoms with Crippen LogP contribution in [0.1, 0.15) is 120 Å². The molecule has 12 rings (SSSR count). The Bertz CT molecular complexity index is 3130. The molecule has 1 nitrogen and oxygen atoms in total. The Balaban J connectivity index is 0.971. The Morgan fingerprint density at radius 2 is 0.791 bits per heavy atom. The fourth-order valence-corrected chi connectivity index (χ4v) is 11.9. The maximum absolute atomic E-state index is 2.50. The molecule has 0 heterocycles. The number of nitrogens with zero attached hydrogens (tertiary/aromatic N) is 1. The van der Waals surface area contributed by atoms with Crippen molar-refractivity contribution in [1.82, 2.24) is 0 Å². The van der Waals surface area contributed by atoms with Crippen LogP contribution in [0.25, 0.3) is 46.1 Å². The van der Waals surface area contributed by atoms with Crippen molar-refractivity contribution < 1.29 is 0 Å². The van der Waals surface area contributed by atoms with Crippen molar-refractivity contribution in [3.8, 4) is 22.3 Å². The molecule has 326 valence electrons. The highest BCUT2D eigenvalue weighted by Crippen LogP contribution is 2.63. The molecule has 0 aromatic heterocycles. The molecule has 0 N–H and O–H groups in total. The third kappa shape index (κ3) is 7.52. The number of allylic oxidation sites excluding steroid dienone is 2. The van der Waals surface area contributed by atoms with Crippen molar-refractivity contribution in [2.75, 3.05) is 4.90 Å². The monoisotopic (exact) mass is 863 g/mol. The van der Waals surface area contributed by atoms with Crippen molar-refractivity contribution in [3.05, 3.63) is 255 Å². The predicted molar refractivity (Wildman–Crippen MR) is 284 cm³/mol. The molecule has 0 unspecified atom stereocenters. The molecule has 2 saturated carbocycles. The summed E-state index contributed by atoms with van der Waals surface area (Å²) in [6, 6.07) is 71.3. The van der Waals surface area contributed by atoms with Gasteiger partial charge in [0.25, 0.3) is 0 Å². The number of anilines is 3. The van der Waals surface area contributed by atoms with Gasteiger partial charge in [-0.15, -0.1) is 0 Å². The van der Waals surface area contributed by atoms with Crippen LogP contribution in [0.5, 0.6) is 0 Å². The van der Waals surface area contributed by atoms with E-state index in [1.165, 1.54) is 148 Å². The zero-order chi connectivity index (χ0) is 44.7. The molecule has 0 radical (unpaired) electrons. The van der Waals surface area contributed by atoms with E-state index in [-0.39, 0.29) is 0 Å². The summed E-state index contributed by atoms with van der Waals surface area (Å²) >= 11 is 0. The van der Waals surface area contributed by atoms with Gasteiger partial charge >= 0.3 is 0 Å². The Hall–Kier alpha value is -7.22. The van der Waals surface area contributed by atoms with Crippen LogP contribution in [0.3, 0.4) is 0 Å². The molecule has 1 spiro atoms. The first kappa shape index (κ1) is 41.2. The normalized spacial score (nSPS) is 15.7. The number of benzene rings is 8. The largest absolute Gasteiger partial charge is 0.310 e. The molecule has 8 aromatic rings. The van der Waals surface area contributed by atoms with Gasteiger partial charge < -0.3 is 4.90 Å². The highest BCUT2D eigenvalue weighted by molar-refractivity contribution is 5.97. The van der Waals surface area contributed by atoms with Gasteiger partial charge in [-0.1, -0.05) is 193 Å². The highest BCUT2D eigenvalue weighted by atomic mass is 15.1. The van der Waals surface area contributed by atoms with E-state index in [0.717, 1.165) is 17.1 Å². The number of rotatable bonds is 8. The van der Waals surface area contributed by atoms with Gasteiger partial charge in [-0.05, 0) is 179 Å². The predicted octanol–water partition coefficient (Wildman–Crippen LogP) is 18.1. The smallest absolute Gasteiger partial charge is 0.0726 e. The average Bonchev–Trinajstić information content (AvgIpc) is 3.85. The number of aryl methyl sites for hydroxylation is 1. The van der Waals surface area contributed by atoms with Crippen molar-refractivity contribution in [2.24, 2.45) is 0 Å². The minimum atomic E-state index is -0.414. The molecule has 1 heteroatoms. The lowest BCUT2D eigenvalue weighted by Crippen LogP contribution is -2.26. The summed E-state index contributed by atoms with van der Waals surface area (Å²) in [7, 11) is 0. The second-order valence-electron chi connectivity index (χ2n) is 19.4. The molecular formula is C66H57N. The molecule has 8 aromatic carbocycles. The first-order chi connectivity index (χ1) is 33.1. The second kappa shape index (κ2) is 17.5. The lowest BCUT2D eigenvalue weighted by atomic mass is 9.70. The van der Waals surface area contributed by atoms with E-state index in [1.54, 1.807) is 11.1 Å². The average molecular weight is 864 g/mol. The Labute approximate surface area is 397 Å². The molecule has 4 aliphatic rings. The quantitative estimate of drug-likeness (QED) is 0.138. The molecule has 0 aliphatic heterocycles. The molecular weight excluding hydrogens is 807 g/mol. The SMILES string of the molecule is Cc1ccc(C(=Cc2ccc(N(c3ccc(C=C4CCCCC4)cc3)c3ccc4c(c3)C3(c5ccccc5-c5ccccc53)c3ccccc3-4)cc2)c2ccc(C=C3CCCCC3)cc2)cc1. The molecule has 0 atom stereocenters. The zero-order valence-corrected chi connectivity index (χ0v) is 38.6. The van der Waals surface area contributed by atoms with Gasteiger partial charge in [0.05, 0.1) is 5.41 Å². The van der Waals surface area contributed by atoms with Gasteiger partial charge in [0.15, 0.2) is 0 Å². The van der Waals surface area contributed by atoms with E-state index in [2.05, 4.69) is 218 Å². The van der Waals surface area contributed by atoms with Crippen molar-refractivity contribution in [3.63, 3.8) is 0 Å². The summed E-state index contributed by atoms with van der Waals surface area (Å²) in [6.45, 7) is 2.16. The Morgan fingerprint density at radius 3 is 1.28 bits per heavy atom. The molecule has 67 heavy (non-hydrogen) atoms. The minimum absolute atomic E-state index is 0.414. The van der Waals surface area contributed by atoms with Gasteiger partial charge in [0.1, 0.15) is 0 Å². The standard InChI is InChI=1S/C66H57N/c1-46-24-32-52(33-25-46)61(53-34-26-49(27-35-53)42-47-14-4-2-5-15-47)44-51-30-38-55(39-31-51)67(54-36-28-50(29-37-54)43-48-16-6-3-7-17-48)56-40-41-60-59-20-10-13-23-64(59)66(65(60)45-56)62-21-11-8-18-57(62)58-19-9-12-22-63(58)66/h8-13,18-45H,2-7,14-17H2,1H3. The first-order valence-corrected chi connectivity index (χ1v) is 24.8. The summed E-state index contributed by atoms with van der Waals surface area (Å²) in [4.78, 5) is 2.47. The fourth-order valence-electron chi connectivity index (χ4n) is 11.9. The van der Waals surface area contributed by atoms with E-state index < -0.39 is 5.41 Å². The summed E-state index contributed by atoms with van der Waals surface area (Å²) in [5, 5.41) is 0. The van der Waals surface area contributed by atoms with E-state index in [9.17, 15) is 0 Å². The van der Waals surface area contributed by atoms with E-state index >= 15 is 0 Å². The third-order valence-corrected chi connectivity index (χ3v) is 15.2. The number of fused-ring (bicyclic) bond motifs is 10. The van der Waals surface area contributed by atoms with Crippen LogP contribution >= 0.6 is 0 Å². The van der Waals surface area contributed by atoms with E-state index in [0.29, 0.717) is 0 Å². The topological polar surface area (TPSA) is 3.24 Å². The van der Waals surface area contributed by atoms with Crippen LogP contribution in [0.2, 0.25) is 0 Å². The van der Waals surface area contributed by atoms with Gasteiger partial charge in [0, 0.05) is 17.1 Å². The van der Waals surface area contributed by atoms with E-state index in [4.69, 9.17) is 0 Å². The number of hydrogen-bond donors (Lipinski definition) is 0. The van der Waals surface area contributed by atoms with Crippen LogP contribution in [0.4, 0.5) is 17.1 Å². The van der Waals surface area contributed by atoms with Crippen molar-refractivity contribution in [1.29, 1.82) is 0 Å². The maximum atomic E-state index is 2.50. The molecule has 4 aliphatic carbocycles. The summed E-state index contributed by atoms with van der Waals surface area (Å²) in [5.41, 5.74) is 25.6. The number of hydrogen-bond acceptors (Lipinski definition) is 1. The summed E-state index contributed by atoms with van der Waals surface area (Å²) in [6.07, 6.45) is 20.1. The van der Waals surface area contributed by atoms with Gasteiger partial charge in [-0.3, -0.25) is 0 Å². The minimum Gasteiger partial charge on any atom is -0.310 e. The van der Waals surface area contributed by atoms with E-state index in [1.807, 2.05) is 0 Å². The highest BCUT2D eigenvalue weighted by Gasteiger charge is 2.51. The zero-order valence-electron chi connectivity index (χ0n) is 38.6. The van der Waals surface area contributed by atoms with Crippen LogP contribution in [0.15, 0.2) is 199 Å². The van der Waals surface area contributed by atoms with Crippen molar-refractivity contribution in [2.45, 2.75) is 76.5 Å². The van der Waals surface area contributed by atoms with Gasteiger partial charge in [-0.2, -0.15) is 0 Å². The fraction of sp³-hybridized carbons (Fsp3) is 0.182. The summed E-state index contributed by atoms with van der Waals surface area (Å²) in [5.74, 6) is 0. The molecule has 0 bridgehead atoms.